The average molecular weight is 505 g/mol. The molecule has 3 aliphatic rings. The van der Waals surface area contributed by atoms with Gasteiger partial charge in [-0.15, -0.1) is 0 Å². The smallest absolute Gasteiger partial charge is 0.337 e. The Morgan fingerprint density at radius 2 is 1.94 bits per heavy atom. The van der Waals surface area contributed by atoms with Gasteiger partial charge in [-0.3, -0.25) is 9.59 Å². The number of nitrogens with zero attached hydrogens (tertiary/aromatic N) is 4. The fraction of sp³-hybridized carbons (Fsp3) is 0.591. The van der Waals surface area contributed by atoms with Crippen LogP contribution in [0.15, 0.2) is 12.1 Å². The van der Waals surface area contributed by atoms with Crippen LogP contribution in [0, 0.1) is 5.92 Å². The molecular weight excluding hydrogens is 483 g/mol. The van der Waals surface area contributed by atoms with Gasteiger partial charge in [-0.25, -0.2) is 13.3 Å². The molecule has 12 heteroatoms. The van der Waals surface area contributed by atoms with E-state index in [4.69, 9.17) is 11.6 Å². The number of halogens is 6. The van der Waals surface area contributed by atoms with Crippen molar-refractivity contribution in [2.45, 2.75) is 56.7 Å². The molecule has 1 saturated heterocycles. The zero-order valence-electron chi connectivity index (χ0n) is 18.2. The number of pyridine rings is 1. The summed E-state index contributed by atoms with van der Waals surface area (Å²) < 4.78 is 68.2. The highest BCUT2D eigenvalue weighted by atomic mass is 35.5. The summed E-state index contributed by atoms with van der Waals surface area (Å²) in [7, 11) is 0. The predicted molar refractivity (Wildman–Crippen MR) is 112 cm³/mol. The van der Waals surface area contributed by atoms with Gasteiger partial charge in [0, 0.05) is 31.5 Å². The number of piperazine rings is 1. The number of carbonyl (C=O) groups is 2. The Morgan fingerprint density at radius 3 is 2.50 bits per heavy atom. The molecule has 2 aromatic heterocycles. The van der Waals surface area contributed by atoms with Gasteiger partial charge in [0.25, 0.3) is 11.8 Å². The highest BCUT2D eigenvalue weighted by Crippen LogP contribution is 2.51. The molecule has 2 saturated carbocycles. The monoisotopic (exact) mass is 504 g/mol. The number of rotatable bonds is 5. The minimum absolute atomic E-state index is 0.00862. The Hall–Kier alpha value is -2.43. The predicted octanol–water partition coefficient (Wildman–Crippen LogP) is 4.60. The maximum atomic E-state index is 13.7. The van der Waals surface area contributed by atoms with E-state index >= 15 is 0 Å². The molecule has 2 atom stereocenters. The van der Waals surface area contributed by atoms with Crippen molar-refractivity contribution in [1.29, 1.82) is 0 Å². The Labute approximate surface area is 196 Å². The van der Waals surface area contributed by atoms with Crippen LogP contribution in [-0.4, -0.2) is 62.8 Å². The molecule has 2 aromatic rings. The molecule has 0 bridgehead atoms. The van der Waals surface area contributed by atoms with Crippen molar-refractivity contribution < 1.29 is 31.5 Å². The number of hydrogen-bond donors (Lipinski definition) is 0. The zero-order chi connectivity index (χ0) is 24.6. The van der Waals surface area contributed by atoms with E-state index in [0.717, 1.165) is 18.9 Å². The third-order valence-corrected chi connectivity index (χ3v) is 7.27. The summed E-state index contributed by atoms with van der Waals surface area (Å²) in [4.78, 5) is 28.4. The Bertz CT molecular complexity index is 1180. The lowest BCUT2D eigenvalue weighted by molar-refractivity contribution is -0.142. The van der Waals surface area contributed by atoms with Crippen LogP contribution in [0.4, 0.5) is 22.0 Å². The maximum Gasteiger partial charge on any atom is 0.433 e. The lowest BCUT2D eigenvalue weighted by Gasteiger charge is -2.37. The van der Waals surface area contributed by atoms with Crippen LogP contribution in [0.1, 0.15) is 60.3 Å². The molecule has 34 heavy (non-hydrogen) atoms. The van der Waals surface area contributed by atoms with Crippen molar-refractivity contribution in [3.05, 3.63) is 34.1 Å². The Kier molecular flexibility index (Phi) is 5.34. The first-order valence-electron chi connectivity index (χ1n) is 11.1. The SMILES string of the molecule is CC(CC1CC1(F)F)N1CCN(C(=O)c2nn3c(C(F)(F)F)cc(C4CC4)cc3c2Cl)CC1=O. The van der Waals surface area contributed by atoms with Gasteiger partial charge in [-0.1, -0.05) is 11.6 Å². The fourth-order valence-electron chi connectivity index (χ4n) is 4.67. The Balaban J connectivity index is 1.37. The van der Waals surface area contributed by atoms with Gasteiger partial charge in [-0.2, -0.15) is 18.3 Å². The summed E-state index contributed by atoms with van der Waals surface area (Å²) in [6.07, 6.45) is -3.13. The van der Waals surface area contributed by atoms with Crippen LogP contribution in [0.2, 0.25) is 5.02 Å². The second-order valence-corrected chi connectivity index (χ2v) is 9.84. The quantitative estimate of drug-likeness (QED) is 0.559. The lowest BCUT2D eigenvalue weighted by atomic mass is 10.1. The van der Waals surface area contributed by atoms with Gasteiger partial charge in [-0.05, 0) is 49.8 Å². The van der Waals surface area contributed by atoms with E-state index in [-0.39, 0.29) is 54.6 Å². The maximum absolute atomic E-state index is 13.7. The summed E-state index contributed by atoms with van der Waals surface area (Å²) >= 11 is 6.33. The van der Waals surface area contributed by atoms with Crippen LogP contribution < -0.4 is 0 Å². The molecule has 6 nitrogen and oxygen atoms in total. The molecule has 3 heterocycles. The standard InChI is InChI=1S/C22H22ClF5N4O2/c1-11(6-14-9-21(14,24)25)31-5-4-30(10-17(31)33)20(34)19-18(23)15-7-13(12-2-3-12)8-16(22(26,27)28)32(15)29-19/h7-8,11-12,14H,2-6,9-10H2,1H3. The first kappa shape index (κ1) is 23.3. The van der Waals surface area contributed by atoms with E-state index in [2.05, 4.69) is 5.10 Å². The first-order valence-corrected chi connectivity index (χ1v) is 11.5. The number of fused-ring (bicyclic) bond motifs is 1. The highest BCUT2D eigenvalue weighted by molar-refractivity contribution is 6.36. The summed E-state index contributed by atoms with van der Waals surface area (Å²) in [5.41, 5.74) is -0.878. The van der Waals surface area contributed by atoms with Crippen molar-refractivity contribution in [2.24, 2.45) is 5.92 Å². The summed E-state index contributed by atoms with van der Waals surface area (Å²) in [6, 6.07) is 2.16. The molecule has 3 fully saturated rings. The van der Waals surface area contributed by atoms with E-state index in [0.29, 0.717) is 10.1 Å². The van der Waals surface area contributed by atoms with Crippen molar-refractivity contribution >= 4 is 28.9 Å². The minimum Gasteiger partial charge on any atom is -0.337 e. The van der Waals surface area contributed by atoms with Crippen molar-refractivity contribution in [3.63, 3.8) is 0 Å². The van der Waals surface area contributed by atoms with Gasteiger partial charge < -0.3 is 9.80 Å². The molecular formula is C22H22ClF5N4O2. The van der Waals surface area contributed by atoms with Crippen molar-refractivity contribution in [2.75, 3.05) is 19.6 Å². The third-order valence-electron chi connectivity index (χ3n) is 6.90. The third kappa shape index (κ3) is 4.12. The number of hydrogen-bond acceptors (Lipinski definition) is 3. The second kappa shape index (κ2) is 7.79. The van der Waals surface area contributed by atoms with Crippen LogP contribution in [-0.2, 0) is 11.0 Å². The number of carbonyl (C=O) groups excluding carboxylic acids is 2. The van der Waals surface area contributed by atoms with E-state index in [1.54, 1.807) is 6.92 Å². The van der Waals surface area contributed by atoms with Gasteiger partial charge >= 0.3 is 6.18 Å². The molecule has 0 aromatic carbocycles. The topological polar surface area (TPSA) is 57.9 Å². The van der Waals surface area contributed by atoms with Gasteiger partial charge in [0.2, 0.25) is 5.91 Å². The molecule has 2 amide bonds. The molecule has 2 aliphatic carbocycles. The minimum atomic E-state index is -4.70. The van der Waals surface area contributed by atoms with E-state index in [1.807, 2.05) is 0 Å². The number of aromatic nitrogens is 2. The largest absolute Gasteiger partial charge is 0.433 e. The van der Waals surface area contributed by atoms with Crippen LogP contribution >= 0.6 is 11.6 Å². The fourth-order valence-corrected chi connectivity index (χ4v) is 4.92. The molecule has 5 rings (SSSR count). The zero-order valence-corrected chi connectivity index (χ0v) is 19.0. The van der Waals surface area contributed by atoms with Crippen LogP contribution in [0.25, 0.3) is 5.52 Å². The summed E-state index contributed by atoms with van der Waals surface area (Å²) in [5, 5.41) is 3.69. The van der Waals surface area contributed by atoms with E-state index in [9.17, 15) is 31.5 Å². The summed E-state index contributed by atoms with van der Waals surface area (Å²) in [6.45, 7) is 1.60. The van der Waals surface area contributed by atoms with Crippen LogP contribution in [0.3, 0.4) is 0 Å². The van der Waals surface area contributed by atoms with E-state index in [1.165, 1.54) is 15.9 Å². The van der Waals surface area contributed by atoms with Crippen molar-refractivity contribution in [3.8, 4) is 0 Å². The van der Waals surface area contributed by atoms with Crippen LogP contribution in [0.5, 0.6) is 0 Å². The molecule has 0 spiro atoms. The van der Waals surface area contributed by atoms with E-state index < -0.39 is 41.6 Å². The molecule has 184 valence electrons. The normalized spacial score (nSPS) is 23.5. The molecule has 0 N–H and O–H groups in total. The second-order valence-electron chi connectivity index (χ2n) is 9.47. The van der Waals surface area contributed by atoms with Gasteiger partial charge in [0.15, 0.2) is 5.69 Å². The van der Waals surface area contributed by atoms with Crippen molar-refractivity contribution in [1.82, 2.24) is 19.4 Å². The summed E-state index contributed by atoms with van der Waals surface area (Å²) in [5.74, 6) is -4.55. The van der Waals surface area contributed by atoms with Gasteiger partial charge in [0.05, 0.1) is 10.5 Å². The average Bonchev–Trinajstić information content (AvgIpc) is 3.66. The lowest BCUT2D eigenvalue weighted by Crippen LogP contribution is -2.55. The van der Waals surface area contributed by atoms with Gasteiger partial charge in [0.1, 0.15) is 12.2 Å². The first-order chi connectivity index (χ1) is 15.9. The molecule has 2 unspecified atom stereocenters. The number of amides is 2. The highest BCUT2D eigenvalue weighted by Gasteiger charge is 2.57. The molecule has 1 aliphatic heterocycles. The number of alkyl halides is 5. The Morgan fingerprint density at radius 1 is 1.26 bits per heavy atom. The molecule has 0 radical (unpaired) electrons.